The van der Waals surface area contributed by atoms with Crippen LogP contribution in [0.25, 0.3) is 65.4 Å². The zero-order valence-electron chi connectivity index (χ0n) is 28.2. The number of rotatable bonds is 4. The van der Waals surface area contributed by atoms with Crippen molar-refractivity contribution in [3.05, 3.63) is 179 Å². The Hall–Kier alpha value is -4.13. The molecule has 3 heteroatoms. The van der Waals surface area contributed by atoms with Gasteiger partial charge in [-0.3, -0.25) is 0 Å². The fraction of sp³-hybridized carbons (Fsp3) is 0.0851. The second kappa shape index (κ2) is 15.0. The van der Waals surface area contributed by atoms with Gasteiger partial charge in [0.05, 0.1) is 0 Å². The van der Waals surface area contributed by atoms with Crippen LogP contribution < -0.4 is 24.8 Å². The zero-order valence-corrected chi connectivity index (χ0v) is 32.2. The van der Waals surface area contributed by atoms with Gasteiger partial charge < -0.3 is 24.8 Å². The minimum Gasteiger partial charge on any atom is -1.00 e. The molecular formula is C47H36Cl2Zr-2. The summed E-state index contributed by atoms with van der Waals surface area (Å²) in [5.41, 5.74) is 14.1. The number of halogens is 2. The fourth-order valence-electron chi connectivity index (χ4n) is 8.18. The van der Waals surface area contributed by atoms with Gasteiger partial charge in [0.25, 0.3) is 0 Å². The average Bonchev–Trinajstić information content (AvgIpc) is 3.91. The molecule has 2 aliphatic carbocycles. The van der Waals surface area contributed by atoms with Crippen molar-refractivity contribution in [1.82, 2.24) is 0 Å². The van der Waals surface area contributed by atoms with E-state index in [0.717, 1.165) is 12.8 Å². The van der Waals surface area contributed by atoms with Crippen LogP contribution in [0.4, 0.5) is 0 Å². The van der Waals surface area contributed by atoms with Crippen LogP contribution in [0.3, 0.4) is 0 Å². The first-order valence-electron chi connectivity index (χ1n) is 16.9. The van der Waals surface area contributed by atoms with Crippen molar-refractivity contribution < 1.29 is 49.0 Å². The molecule has 0 spiro atoms. The van der Waals surface area contributed by atoms with Crippen LogP contribution >= 0.6 is 0 Å². The molecule has 0 nitrogen and oxygen atoms in total. The first kappa shape index (κ1) is 35.7. The summed E-state index contributed by atoms with van der Waals surface area (Å²) in [6, 6.07) is 53.4. The van der Waals surface area contributed by atoms with Gasteiger partial charge in [-0.25, -0.2) is 0 Å². The first-order valence-corrected chi connectivity index (χ1v) is 18.7. The molecule has 0 amide bonds. The Kier molecular flexibility index (Phi) is 10.7. The second-order valence-corrected chi connectivity index (χ2v) is 12.6. The Bertz CT molecular complexity index is 2320. The van der Waals surface area contributed by atoms with Gasteiger partial charge in [-0.15, -0.1) is 69.1 Å². The average molecular weight is 763 g/mol. The van der Waals surface area contributed by atoms with E-state index in [-0.39, 0.29) is 24.8 Å². The predicted molar refractivity (Wildman–Crippen MR) is 207 cm³/mol. The van der Waals surface area contributed by atoms with Gasteiger partial charge >= 0.3 is 28.4 Å². The fourth-order valence-corrected chi connectivity index (χ4v) is 8.18. The van der Waals surface area contributed by atoms with E-state index < -0.39 is 0 Å². The van der Waals surface area contributed by atoms with Gasteiger partial charge in [0.1, 0.15) is 0 Å². The Morgan fingerprint density at radius 3 is 1.14 bits per heavy atom. The first-order chi connectivity index (χ1) is 23.7. The molecule has 8 aromatic rings. The topological polar surface area (TPSA) is 0 Å². The smallest absolute Gasteiger partial charge is 1.00 e. The summed E-state index contributed by atoms with van der Waals surface area (Å²) in [7, 11) is 0. The van der Waals surface area contributed by atoms with E-state index in [1.165, 1.54) is 123 Å². The molecule has 0 aromatic heterocycles. The Balaban J connectivity index is 0.000000159. The summed E-state index contributed by atoms with van der Waals surface area (Å²) in [6.07, 6.45) is 2.12. The van der Waals surface area contributed by atoms with Crippen molar-refractivity contribution in [3.8, 4) is 0 Å². The minimum atomic E-state index is 0. The van der Waals surface area contributed by atoms with E-state index >= 15 is 0 Å². The Morgan fingerprint density at radius 2 is 0.780 bits per heavy atom. The van der Waals surface area contributed by atoms with E-state index in [1.54, 1.807) is 0 Å². The molecule has 0 fully saturated rings. The van der Waals surface area contributed by atoms with E-state index in [4.69, 9.17) is 0 Å². The predicted octanol–water partition coefficient (Wildman–Crippen LogP) is 6.76. The van der Waals surface area contributed by atoms with Crippen molar-refractivity contribution in [2.24, 2.45) is 0 Å². The molecule has 0 N–H and O–H groups in total. The largest absolute Gasteiger partial charge is 1.00 e. The van der Waals surface area contributed by atoms with Gasteiger partial charge in [0.2, 0.25) is 0 Å². The van der Waals surface area contributed by atoms with Gasteiger partial charge in [-0.05, 0) is 56.6 Å². The van der Waals surface area contributed by atoms with Crippen LogP contribution in [0, 0.1) is 0 Å². The molecule has 0 heterocycles. The maximum atomic E-state index is 3.34. The standard InChI is InChI=1S/2C23H17.CH2.2ClH.Zr/c2*1-2-19-20-11-5-9-15-10-6-12-21(22(15)20)23(19)18-13-16-7-3-4-8-17(16)14-18;;;;/h2*3-14H,2H2,1H3;1H2;2*1H;/q2*-1;;;;+2/p-2. The van der Waals surface area contributed by atoms with Crippen LogP contribution in [0.2, 0.25) is 0 Å². The molecule has 8 aromatic carbocycles. The number of fused-ring (bicyclic) bond motifs is 2. The molecule has 0 aliphatic heterocycles. The summed E-state index contributed by atoms with van der Waals surface area (Å²) in [5, 5.41) is 10.8. The molecule has 0 atom stereocenters. The normalized spacial score (nSPS) is 12.5. The molecule has 50 heavy (non-hydrogen) atoms. The summed E-state index contributed by atoms with van der Waals surface area (Å²) in [6.45, 7) is 4.53. The SMILES string of the molecule is CCC1=C(c2cc3ccccc3[cH-]2)c2cccc3cccc1c23.CCC1=C(c2cc3ccccc3[cH-]2)c2cccc3cccc1c23.[CH2]=[Zr+2].[Cl-].[Cl-]. The van der Waals surface area contributed by atoms with E-state index in [9.17, 15) is 0 Å². The van der Waals surface area contributed by atoms with Gasteiger partial charge in [0.15, 0.2) is 0 Å². The van der Waals surface area contributed by atoms with Crippen molar-refractivity contribution in [3.63, 3.8) is 0 Å². The maximum Gasteiger partial charge on any atom is -1.00 e. The van der Waals surface area contributed by atoms with Crippen LogP contribution in [0.1, 0.15) is 60.1 Å². The van der Waals surface area contributed by atoms with Crippen LogP contribution in [0.5, 0.6) is 0 Å². The van der Waals surface area contributed by atoms with E-state index in [0.29, 0.717) is 0 Å². The van der Waals surface area contributed by atoms with Crippen molar-refractivity contribution in [2.75, 3.05) is 0 Å². The third kappa shape index (κ3) is 5.80. The van der Waals surface area contributed by atoms with Crippen LogP contribution in [0.15, 0.2) is 146 Å². The molecular weight excluding hydrogens is 727 g/mol. The van der Waals surface area contributed by atoms with Crippen LogP contribution in [-0.2, 0) is 24.2 Å². The third-order valence-electron chi connectivity index (χ3n) is 10.1. The number of hydrogen-bond acceptors (Lipinski definition) is 0. The third-order valence-corrected chi connectivity index (χ3v) is 10.1. The molecule has 2 aliphatic rings. The number of hydrogen-bond donors (Lipinski definition) is 0. The van der Waals surface area contributed by atoms with Gasteiger partial charge in [-0.1, -0.05) is 145 Å². The van der Waals surface area contributed by atoms with Crippen molar-refractivity contribution >= 4 is 69.6 Å². The molecule has 0 saturated heterocycles. The van der Waals surface area contributed by atoms with Crippen molar-refractivity contribution in [1.29, 1.82) is 0 Å². The second-order valence-electron chi connectivity index (χ2n) is 12.6. The monoisotopic (exact) mass is 760 g/mol. The van der Waals surface area contributed by atoms with Crippen molar-refractivity contribution in [2.45, 2.75) is 26.7 Å². The number of benzene rings is 6. The van der Waals surface area contributed by atoms with Crippen LogP contribution in [-0.4, -0.2) is 4.21 Å². The Morgan fingerprint density at radius 1 is 0.440 bits per heavy atom. The summed E-state index contributed by atoms with van der Waals surface area (Å²) < 4.78 is 3.34. The summed E-state index contributed by atoms with van der Waals surface area (Å²) in [5.74, 6) is 0. The Labute approximate surface area is 322 Å². The van der Waals surface area contributed by atoms with Gasteiger partial charge in [-0.2, -0.15) is 0 Å². The summed E-state index contributed by atoms with van der Waals surface area (Å²) in [4.78, 5) is 0. The van der Waals surface area contributed by atoms with E-state index in [2.05, 4.69) is 164 Å². The quantitative estimate of drug-likeness (QED) is 0.174. The zero-order chi connectivity index (χ0) is 32.8. The molecule has 0 unspecified atom stereocenters. The molecule has 0 saturated carbocycles. The minimum absolute atomic E-state index is 0. The van der Waals surface area contributed by atoms with Gasteiger partial charge in [0, 0.05) is 0 Å². The molecule has 0 bridgehead atoms. The molecule has 244 valence electrons. The molecule has 10 rings (SSSR count). The number of allylic oxidation sites excluding steroid dienone is 2. The molecule has 0 radical (unpaired) electrons. The summed E-state index contributed by atoms with van der Waals surface area (Å²) >= 11 is 1.30. The maximum absolute atomic E-state index is 3.34. The van der Waals surface area contributed by atoms with E-state index in [1.807, 2.05) is 0 Å².